The molecule has 0 unspecified atom stereocenters. The maximum absolute atomic E-state index is 12.5. The summed E-state index contributed by atoms with van der Waals surface area (Å²) in [5.74, 6) is 0.301. The van der Waals surface area contributed by atoms with E-state index in [0.29, 0.717) is 29.2 Å². The van der Waals surface area contributed by atoms with Crippen LogP contribution < -0.4 is 15.4 Å². The van der Waals surface area contributed by atoms with Crippen LogP contribution in [-0.4, -0.2) is 42.5 Å². The smallest absolute Gasteiger partial charge is 0.257 e. The Balaban J connectivity index is 1.88. The Kier molecular flexibility index (Phi) is 9.94. The van der Waals surface area contributed by atoms with E-state index >= 15 is 0 Å². The summed E-state index contributed by atoms with van der Waals surface area (Å²) >= 11 is 8.70. The van der Waals surface area contributed by atoms with E-state index in [1.807, 2.05) is 0 Å². The van der Waals surface area contributed by atoms with Crippen LogP contribution in [0.2, 0.25) is 0 Å². The zero-order valence-corrected chi connectivity index (χ0v) is 20.4. The molecule has 0 heterocycles. The number of rotatable bonds is 9. The predicted molar refractivity (Wildman–Crippen MR) is 132 cm³/mol. The Morgan fingerprint density at radius 2 is 1.71 bits per heavy atom. The fourth-order valence-corrected chi connectivity index (χ4v) is 3.47. The third kappa shape index (κ3) is 7.95. The quantitative estimate of drug-likeness (QED) is 0.360. The monoisotopic (exact) mass is 505 g/mol. The number of ether oxygens (including phenoxy) is 1. The van der Waals surface area contributed by atoms with Gasteiger partial charge in [0.05, 0.1) is 11.1 Å². The van der Waals surface area contributed by atoms with E-state index in [4.69, 9.17) is 17.0 Å². The molecule has 0 atom stereocenters. The van der Waals surface area contributed by atoms with Gasteiger partial charge in [0.2, 0.25) is 0 Å². The molecule has 0 saturated heterocycles. The van der Waals surface area contributed by atoms with Crippen molar-refractivity contribution in [3.8, 4) is 5.75 Å². The number of nitrogens with one attached hydrogen (secondary N) is 2. The number of amides is 2. The average molecular weight is 506 g/mol. The first-order valence-electron chi connectivity index (χ1n) is 10.2. The number of anilines is 1. The largest absolute Gasteiger partial charge is 0.492 e. The summed E-state index contributed by atoms with van der Waals surface area (Å²) in [4.78, 5) is 26.0. The third-order valence-corrected chi connectivity index (χ3v) is 5.30. The van der Waals surface area contributed by atoms with Gasteiger partial charge in [0.15, 0.2) is 5.11 Å². The summed E-state index contributed by atoms with van der Waals surface area (Å²) in [6.45, 7) is 2.82. The van der Waals surface area contributed by atoms with Gasteiger partial charge in [-0.05, 0) is 77.0 Å². The molecule has 2 rings (SSSR count). The maximum Gasteiger partial charge on any atom is 0.257 e. The number of carbonyl (C=O) groups is 2. The van der Waals surface area contributed by atoms with Gasteiger partial charge in [-0.15, -0.1) is 0 Å². The van der Waals surface area contributed by atoms with Crippen molar-refractivity contribution in [2.45, 2.75) is 32.6 Å². The lowest BCUT2D eigenvalue weighted by Crippen LogP contribution is -2.34. The van der Waals surface area contributed by atoms with E-state index < -0.39 is 0 Å². The second-order valence-electron chi connectivity index (χ2n) is 7.24. The zero-order chi connectivity index (χ0) is 22.8. The van der Waals surface area contributed by atoms with Crippen molar-refractivity contribution in [1.29, 1.82) is 0 Å². The number of hydrogen-bond acceptors (Lipinski definition) is 4. The van der Waals surface area contributed by atoms with Crippen molar-refractivity contribution >= 4 is 50.8 Å². The molecule has 0 saturated carbocycles. The molecule has 0 aromatic heterocycles. The van der Waals surface area contributed by atoms with Gasteiger partial charge in [-0.1, -0.05) is 26.2 Å². The first kappa shape index (κ1) is 24.8. The summed E-state index contributed by atoms with van der Waals surface area (Å²) in [6.07, 6.45) is 4.54. The van der Waals surface area contributed by atoms with Gasteiger partial charge in [0, 0.05) is 30.9 Å². The Bertz CT molecular complexity index is 917. The molecule has 0 radical (unpaired) electrons. The molecule has 8 heteroatoms. The van der Waals surface area contributed by atoms with Crippen LogP contribution >= 0.6 is 28.1 Å². The highest BCUT2D eigenvalue weighted by molar-refractivity contribution is 9.10. The second kappa shape index (κ2) is 12.4. The van der Waals surface area contributed by atoms with Crippen LogP contribution in [0.25, 0.3) is 0 Å². The van der Waals surface area contributed by atoms with Gasteiger partial charge in [-0.25, -0.2) is 0 Å². The van der Waals surface area contributed by atoms with Gasteiger partial charge in [-0.3, -0.25) is 14.9 Å². The van der Waals surface area contributed by atoms with Crippen LogP contribution in [0, 0.1) is 0 Å². The number of nitrogens with zero attached hydrogens (tertiary/aromatic N) is 1. The summed E-state index contributed by atoms with van der Waals surface area (Å²) in [5, 5.41) is 5.78. The normalized spacial score (nSPS) is 10.3. The van der Waals surface area contributed by atoms with E-state index in [0.717, 1.165) is 17.3 Å². The molecule has 0 aliphatic carbocycles. The average Bonchev–Trinajstić information content (AvgIpc) is 2.74. The molecule has 2 aromatic rings. The van der Waals surface area contributed by atoms with E-state index in [2.05, 4.69) is 33.5 Å². The van der Waals surface area contributed by atoms with Gasteiger partial charge < -0.3 is 15.0 Å². The molecule has 166 valence electrons. The second-order valence-corrected chi connectivity index (χ2v) is 8.50. The van der Waals surface area contributed by atoms with Crippen molar-refractivity contribution in [3.05, 3.63) is 58.1 Å². The molecule has 6 nitrogen and oxygen atoms in total. The van der Waals surface area contributed by atoms with E-state index in [1.165, 1.54) is 17.7 Å². The lowest BCUT2D eigenvalue weighted by molar-refractivity contribution is 0.0827. The molecule has 2 aromatic carbocycles. The van der Waals surface area contributed by atoms with Crippen molar-refractivity contribution < 1.29 is 14.3 Å². The minimum absolute atomic E-state index is 0.0820. The summed E-state index contributed by atoms with van der Waals surface area (Å²) < 4.78 is 6.49. The minimum atomic E-state index is -0.327. The number of unbranched alkanes of at least 4 members (excludes halogenated alkanes) is 3. The standard InChI is InChI=1S/C23H28BrN3O3S/c1-4-5-6-7-14-30-20-13-10-17(15-19(20)24)21(28)26-23(31)25-18-11-8-16(9-12-18)22(29)27(2)3/h8-13,15H,4-7,14H2,1-3H3,(H2,25,26,28,31). The fourth-order valence-electron chi connectivity index (χ4n) is 2.76. The van der Waals surface area contributed by atoms with Gasteiger partial charge in [0.1, 0.15) is 5.75 Å². The number of halogens is 1. The molecule has 0 aliphatic rings. The first-order chi connectivity index (χ1) is 14.8. The molecule has 0 fully saturated rings. The summed E-state index contributed by atoms with van der Waals surface area (Å²) in [5.41, 5.74) is 1.71. The highest BCUT2D eigenvalue weighted by Crippen LogP contribution is 2.26. The van der Waals surface area contributed by atoms with Crippen molar-refractivity contribution in [2.75, 3.05) is 26.0 Å². The maximum atomic E-state index is 12.5. The molecule has 0 aliphatic heterocycles. The zero-order valence-electron chi connectivity index (χ0n) is 18.0. The fraction of sp³-hybridized carbons (Fsp3) is 0.348. The number of hydrogen-bond donors (Lipinski definition) is 2. The predicted octanol–water partition coefficient (Wildman–Crippen LogP) is 5.24. The summed E-state index contributed by atoms with van der Waals surface area (Å²) in [7, 11) is 3.40. The van der Waals surface area contributed by atoms with Crippen LogP contribution in [0.1, 0.15) is 53.3 Å². The van der Waals surface area contributed by atoms with Gasteiger partial charge in [0.25, 0.3) is 11.8 Å². The Hall–Kier alpha value is -2.45. The van der Waals surface area contributed by atoms with Crippen molar-refractivity contribution in [1.82, 2.24) is 10.2 Å². The Morgan fingerprint density at radius 1 is 1.03 bits per heavy atom. The number of benzene rings is 2. The lowest BCUT2D eigenvalue weighted by Gasteiger charge is -2.13. The molecule has 31 heavy (non-hydrogen) atoms. The van der Waals surface area contributed by atoms with E-state index in [9.17, 15) is 9.59 Å². The highest BCUT2D eigenvalue weighted by atomic mass is 79.9. The van der Waals surface area contributed by atoms with Crippen molar-refractivity contribution in [3.63, 3.8) is 0 Å². The van der Waals surface area contributed by atoms with Crippen LogP contribution in [-0.2, 0) is 0 Å². The minimum Gasteiger partial charge on any atom is -0.492 e. The Morgan fingerprint density at radius 3 is 2.32 bits per heavy atom. The molecular formula is C23H28BrN3O3S. The third-order valence-electron chi connectivity index (χ3n) is 4.47. The first-order valence-corrected chi connectivity index (χ1v) is 11.4. The van der Waals surface area contributed by atoms with E-state index in [-0.39, 0.29) is 16.9 Å². The lowest BCUT2D eigenvalue weighted by atomic mass is 10.2. The molecule has 2 N–H and O–H groups in total. The van der Waals surface area contributed by atoms with Gasteiger partial charge >= 0.3 is 0 Å². The number of thiocarbonyl (C=S) groups is 1. The van der Waals surface area contributed by atoms with Crippen molar-refractivity contribution in [2.24, 2.45) is 0 Å². The van der Waals surface area contributed by atoms with Crippen LogP contribution in [0.15, 0.2) is 46.9 Å². The van der Waals surface area contributed by atoms with E-state index in [1.54, 1.807) is 56.6 Å². The molecule has 2 amide bonds. The molecular weight excluding hydrogens is 478 g/mol. The summed E-state index contributed by atoms with van der Waals surface area (Å²) in [6, 6.07) is 12.1. The van der Waals surface area contributed by atoms with Gasteiger partial charge in [-0.2, -0.15) is 0 Å². The topological polar surface area (TPSA) is 70.7 Å². The molecule has 0 spiro atoms. The molecule has 0 bridgehead atoms. The van der Waals surface area contributed by atoms with Crippen LogP contribution in [0.3, 0.4) is 0 Å². The van der Waals surface area contributed by atoms with Crippen LogP contribution in [0.5, 0.6) is 5.75 Å². The highest BCUT2D eigenvalue weighted by Gasteiger charge is 2.12. The number of carbonyl (C=O) groups excluding carboxylic acids is 2. The van der Waals surface area contributed by atoms with Crippen LogP contribution in [0.4, 0.5) is 5.69 Å². The SMILES string of the molecule is CCCCCCOc1ccc(C(=O)NC(=S)Nc2ccc(C(=O)N(C)C)cc2)cc1Br. The Labute approximate surface area is 197 Å².